The van der Waals surface area contributed by atoms with Gasteiger partial charge in [0.05, 0.1) is 16.4 Å². The Bertz CT molecular complexity index is 1100. The van der Waals surface area contributed by atoms with E-state index in [0.29, 0.717) is 17.3 Å². The minimum absolute atomic E-state index is 0.0682. The van der Waals surface area contributed by atoms with Gasteiger partial charge in [-0.3, -0.25) is 9.59 Å². The second kappa shape index (κ2) is 9.27. The number of aromatic carboxylic acids is 1. The molecule has 1 unspecified atom stereocenters. The molecule has 3 aromatic rings. The normalized spacial score (nSPS) is 11.5. The Kier molecular flexibility index (Phi) is 6.53. The highest BCUT2D eigenvalue weighted by Crippen LogP contribution is 2.27. The lowest BCUT2D eigenvalue weighted by molar-refractivity contribution is -0.115. The van der Waals surface area contributed by atoms with E-state index in [-0.39, 0.29) is 17.0 Å². The number of carboxylic acids is 1. The average Bonchev–Trinajstić information content (AvgIpc) is 3.12. The Morgan fingerprint density at radius 1 is 1.03 bits per heavy atom. The summed E-state index contributed by atoms with van der Waals surface area (Å²) in [7, 11) is 0. The van der Waals surface area contributed by atoms with Gasteiger partial charge in [0.15, 0.2) is 5.82 Å². The van der Waals surface area contributed by atoms with Crippen LogP contribution in [0.5, 0.6) is 0 Å². The molecule has 3 rings (SSSR count). The molecule has 0 saturated heterocycles. The summed E-state index contributed by atoms with van der Waals surface area (Å²) in [5.74, 6) is -0.991. The number of nitrogens with one attached hydrogen (secondary N) is 2. The largest absolute Gasteiger partial charge is 0.478 e. The molecule has 2 amide bonds. The molecular formula is C21H19N3O5S. The van der Waals surface area contributed by atoms with Crippen LogP contribution in [0.4, 0.5) is 11.5 Å². The third kappa shape index (κ3) is 5.26. The zero-order valence-corrected chi connectivity index (χ0v) is 17.0. The highest BCUT2D eigenvalue weighted by molar-refractivity contribution is 8.00. The average molecular weight is 425 g/mol. The first-order valence-corrected chi connectivity index (χ1v) is 9.86. The molecule has 9 heteroatoms. The molecule has 154 valence electrons. The molecule has 8 nitrogen and oxygen atoms in total. The van der Waals surface area contributed by atoms with Crippen molar-refractivity contribution in [2.75, 3.05) is 10.6 Å². The van der Waals surface area contributed by atoms with Gasteiger partial charge >= 0.3 is 5.97 Å². The number of carboxylic acid groups (broad SMARTS) is 1. The van der Waals surface area contributed by atoms with Gasteiger partial charge in [-0.15, -0.1) is 11.8 Å². The molecule has 1 aromatic heterocycles. The van der Waals surface area contributed by atoms with Crippen molar-refractivity contribution in [1.82, 2.24) is 5.16 Å². The standard InChI is InChI=1S/C21H19N3O5S/c1-12-10-18(24-29-12)23-19(25)13(2)30-15-7-5-6-14(11-15)22-20(26)16-8-3-4-9-17(16)21(27)28/h3-11,13H,1-2H3,(H,22,26)(H,27,28)(H,23,24,25). The predicted molar refractivity (Wildman–Crippen MR) is 113 cm³/mol. The number of hydrogen-bond acceptors (Lipinski definition) is 6. The van der Waals surface area contributed by atoms with Gasteiger partial charge in [-0.1, -0.05) is 23.4 Å². The number of aromatic nitrogens is 1. The first-order chi connectivity index (χ1) is 14.3. The quantitative estimate of drug-likeness (QED) is 0.488. The SMILES string of the molecule is Cc1cc(NC(=O)C(C)Sc2cccc(NC(=O)c3ccccc3C(=O)O)c2)no1. The van der Waals surface area contributed by atoms with Crippen molar-refractivity contribution in [3.05, 3.63) is 71.5 Å². The van der Waals surface area contributed by atoms with E-state index in [1.807, 2.05) is 6.07 Å². The van der Waals surface area contributed by atoms with E-state index in [4.69, 9.17) is 4.52 Å². The molecule has 0 aliphatic carbocycles. The number of thioether (sulfide) groups is 1. The zero-order chi connectivity index (χ0) is 21.7. The minimum atomic E-state index is -1.17. The number of nitrogens with zero attached hydrogens (tertiary/aromatic N) is 1. The van der Waals surface area contributed by atoms with Crippen LogP contribution in [0.1, 0.15) is 33.4 Å². The molecule has 3 N–H and O–H groups in total. The molecule has 2 aromatic carbocycles. The molecular weight excluding hydrogens is 406 g/mol. The minimum Gasteiger partial charge on any atom is -0.478 e. The molecule has 0 aliphatic rings. The number of amides is 2. The van der Waals surface area contributed by atoms with Crippen LogP contribution >= 0.6 is 11.8 Å². The van der Waals surface area contributed by atoms with Crippen LogP contribution in [0.3, 0.4) is 0 Å². The third-order valence-corrected chi connectivity index (χ3v) is 5.15. The van der Waals surface area contributed by atoms with Crippen molar-refractivity contribution in [2.45, 2.75) is 24.0 Å². The number of rotatable bonds is 7. The third-order valence-electron chi connectivity index (χ3n) is 4.06. The number of anilines is 2. The zero-order valence-electron chi connectivity index (χ0n) is 16.2. The molecule has 1 heterocycles. The maximum absolute atomic E-state index is 12.5. The van der Waals surface area contributed by atoms with Gasteiger partial charge in [0.25, 0.3) is 5.91 Å². The van der Waals surface area contributed by atoms with Crippen molar-refractivity contribution in [2.24, 2.45) is 0 Å². The molecule has 0 bridgehead atoms. The summed E-state index contributed by atoms with van der Waals surface area (Å²) in [6, 6.07) is 14.6. The molecule has 0 saturated carbocycles. The van der Waals surface area contributed by atoms with Crippen LogP contribution in [0.2, 0.25) is 0 Å². The summed E-state index contributed by atoms with van der Waals surface area (Å²) in [5.41, 5.74) is 0.484. The van der Waals surface area contributed by atoms with E-state index in [0.717, 1.165) is 4.90 Å². The van der Waals surface area contributed by atoms with Crippen LogP contribution < -0.4 is 10.6 Å². The summed E-state index contributed by atoms with van der Waals surface area (Å²) in [4.78, 5) is 36.9. The van der Waals surface area contributed by atoms with E-state index in [1.54, 1.807) is 50.2 Å². The Balaban J connectivity index is 1.66. The monoisotopic (exact) mass is 425 g/mol. The van der Waals surface area contributed by atoms with Crippen LogP contribution in [0.15, 0.2) is 64.0 Å². The molecule has 0 fully saturated rings. The number of carbonyl (C=O) groups is 3. The summed E-state index contributed by atoms with van der Waals surface area (Å²) >= 11 is 1.31. The second-order valence-corrected chi connectivity index (χ2v) is 7.82. The van der Waals surface area contributed by atoms with E-state index in [2.05, 4.69) is 15.8 Å². The van der Waals surface area contributed by atoms with Crippen molar-refractivity contribution < 1.29 is 24.0 Å². The summed E-state index contributed by atoms with van der Waals surface area (Å²) in [5, 5.41) is 17.9. The Morgan fingerprint density at radius 3 is 2.43 bits per heavy atom. The number of hydrogen-bond donors (Lipinski definition) is 3. The van der Waals surface area contributed by atoms with Crippen molar-refractivity contribution >= 4 is 41.1 Å². The van der Waals surface area contributed by atoms with Gasteiger partial charge in [-0.2, -0.15) is 0 Å². The molecule has 30 heavy (non-hydrogen) atoms. The first-order valence-electron chi connectivity index (χ1n) is 8.98. The van der Waals surface area contributed by atoms with Gasteiger partial charge in [0, 0.05) is 16.6 Å². The van der Waals surface area contributed by atoms with E-state index in [9.17, 15) is 19.5 Å². The van der Waals surface area contributed by atoms with E-state index in [1.165, 1.54) is 23.9 Å². The molecule has 0 spiro atoms. The summed E-state index contributed by atoms with van der Waals surface area (Å²) in [6.45, 7) is 3.48. The number of aryl methyl sites for hydroxylation is 1. The van der Waals surface area contributed by atoms with Gasteiger partial charge in [0.1, 0.15) is 5.76 Å². The Morgan fingerprint density at radius 2 is 1.77 bits per heavy atom. The maximum Gasteiger partial charge on any atom is 0.336 e. The fraction of sp³-hybridized carbons (Fsp3) is 0.143. The molecule has 1 atom stereocenters. The second-order valence-electron chi connectivity index (χ2n) is 6.40. The highest BCUT2D eigenvalue weighted by Gasteiger charge is 2.18. The predicted octanol–water partition coefficient (Wildman–Crippen LogP) is 4.05. The number of carbonyl (C=O) groups excluding carboxylic acids is 2. The van der Waals surface area contributed by atoms with Crippen molar-refractivity contribution in [1.29, 1.82) is 0 Å². The van der Waals surface area contributed by atoms with Gasteiger partial charge in [-0.25, -0.2) is 4.79 Å². The topological polar surface area (TPSA) is 122 Å². The van der Waals surface area contributed by atoms with Crippen LogP contribution in [0.25, 0.3) is 0 Å². The van der Waals surface area contributed by atoms with Crippen LogP contribution in [-0.2, 0) is 4.79 Å². The lowest BCUT2D eigenvalue weighted by atomic mass is 10.1. The Labute approximate surface area is 176 Å². The summed E-state index contributed by atoms with van der Waals surface area (Å²) in [6.07, 6.45) is 0. The van der Waals surface area contributed by atoms with Gasteiger partial charge in [0.2, 0.25) is 5.91 Å². The van der Waals surface area contributed by atoms with E-state index >= 15 is 0 Å². The fourth-order valence-electron chi connectivity index (χ4n) is 2.62. The van der Waals surface area contributed by atoms with Crippen LogP contribution in [0, 0.1) is 6.92 Å². The molecule has 0 aliphatic heterocycles. The maximum atomic E-state index is 12.5. The summed E-state index contributed by atoms with van der Waals surface area (Å²) < 4.78 is 4.93. The Hall–Kier alpha value is -3.59. The van der Waals surface area contributed by atoms with Crippen molar-refractivity contribution in [3.63, 3.8) is 0 Å². The lowest BCUT2D eigenvalue weighted by Gasteiger charge is -2.12. The van der Waals surface area contributed by atoms with E-state index < -0.39 is 17.1 Å². The first kappa shape index (κ1) is 21.1. The fourth-order valence-corrected chi connectivity index (χ4v) is 3.55. The van der Waals surface area contributed by atoms with Gasteiger partial charge < -0.3 is 20.3 Å². The lowest BCUT2D eigenvalue weighted by Crippen LogP contribution is -2.22. The number of benzene rings is 2. The van der Waals surface area contributed by atoms with Gasteiger partial charge in [-0.05, 0) is 44.2 Å². The highest BCUT2D eigenvalue weighted by atomic mass is 32.2. The smallest absolute Gasteiger partial charge is 0.336 e. The molecule has 0 radical (unpaired) electrons. The van der Waals surface area contributed by atoms with Crippen molar-refractivity contribution in [3.8, 4) is 0 Å². The van der Waals surface area contributed by atoms with Crippen LogP contribution in [-0.4, -0.2) is 33.3 Å².